The molecule has 0 aliphatic heterocycles. The molecule has 102 valence electrons. The molecule has 0 saturated carbocycles. The zero-order valence-electron chi connectivity index (χ0n) is 11.3. The molecule has 2 aromatic rings. The number of carbonyl (C=O) groups is 1. The SMILES string of the molecule is COC(=O)c1ccc(C=Nc2ccc(C)cc2O)cc1. The van der Waals surface area contributed by atoms with E-state index in [0.717, 1.165) is 11.1 Å². The van der Waals surface area contributed by atoms with E-state index in [2.05, 4.69) is 9.73 Å². The number of hydrogen-bond acceptors (Lipinski definition) is 4. The maximum Gasteiger partial charge on any atom is 0.337 e. The van der Waals surface area contributed by atoms with Crippen molar-refractivity contribution in [1.82, 2.24) is 0 Å². The highest BCUT2D eigenvalue weighted by atomic mass is 16.5. The van der Waals surface area contributed by atoms with E-state index < -0.39 is 0 Å². The molecule has 4 nitrogen and oxygen atoms in total. The van der Waals surface area contributed by atoms with Crippen LogP contribution in [-0.4, -0.2) is 24.4 Å². The van der Waals surface area contributed by atoms with Crippen molar-refractivity contribution in [2.75, 3.05) is 7.11 Å². The molecule has 0 radical (unpaired) electrons. The Kier molecular flexibility index (Phi) is 4.15. The van der Waals surface area contributed by atoms with Gasteiger partial charge >= 0.3 is 5.97 Å². The van der Waals surface area contributed by atoms with E-state index in [4.69, 9.17) is 0 Å². The molecule has 0 heterocycles. The summed E-state index contributed by atoms with van der Waals surface area (Å²) in [5.74, 6) is -0.225. The van der Waals surface area contributed by atoms with E-state index >= 15 is 0 Å². The van der Waals surface area contributed by atoms with E-state index in [-0.39, 0.29) is 11.7 Å². The quantitative estimate of drug-likeness (QED) is 0.687. The van der Waals surface area contributed by atoms with Crippen LogP contribution in [0.3, 0.4) is 0 Å². The number of ether oxygens (including phenoxy) is 1. The van der Waals surface area contributed by atoms with E-state index in [0.29, 0.717) is 11.3 Å². The molecule has 2 rings (SSSR count). The Morgan fingerprint density at radius 1 is 1.20 bits per heavy atom. The van der Waals surface area contributed by atoms with E-state index in [1.807, 2.05) is 13.0 Å². The van der Waals surface area contributed by atoms with Crippen molar-refractivity contribution in [3.63, 3.8) is 0 Å². The molecule has 0 aromatic heterocycles. The fourth-order valence-electron chi connectivity index (χ4n) is 1.71. The van der Waals surface area contributed by atoms with Crippen molar-refractivity contribution in [3.05, 3.63) is 59.2 Å². The van der Waals surface area contributed by atoms with Crippen LogP contribution in [0.25, 0.3) is 0 Å². The molecule has 0 amide bonds. The van der Waals surface area contributed by atoms with Crippen molar-refractivity contribution in [2.24, 2.45) is 4.99 Å². The van der Waals surface area contributed by atoms with Gasteiger partial charge in [0.1, 0.15) is 11.4 Å². The highest BCUT2D eigenvalue weighted by Gasteiger charge is 2.03. The van der Waals surface area contributed by atoms with Crippen LogP contribution in [0.4, 0.5) is 5.69 Å². The van der Waals surface area contributed by atoms with Crippen LogP contribution < -0.4 is 0 Å². The molecule has 4 heteroatoms. The van der Waals surface area contributed by atoms with Gasteiger partial charge in [0.15, 0.2) is 0 Å². The fraction of sp³-hybridized carbons (Fsp3) is 0.125. The van der Waals surface area contributed by atoms with Crippen LogP contribution in [0.2, 0.25) is 0 Å². The monoisotopic (exact) mass is 269 g/mol. The molecular formula is C16H15NO3. The Morgan fingerprint density at radius 3 is 2.50 bits per heavy atom. The first-order valence-electron chi connectivity index (χ1n) is 6.12. The number of esters is 1. The van der Waals surface area contributed by atoms with Crippen LogP contribution in [0.15, 0.2) is 47.5 Å². The molecule has 1 N–H and O–H groups in total. The van der Waals surface area contributed by atoms with Crippen LogP contribution in [0.1, 0.15) is 21.5 Å². The predicted octanol–water partition coefficient (Wildman–Crippen LogP) is 3.24. The summed E-state index contributed by atoms with van der Waals surface area (Å²) < 4.78 is 4.63. The topological polar surface area (TPSA) is 58.9 Å². The number of carbonyl (C=O) groups excluding carboxylic acids is 1. The minimum atomic E-state index is -0.371. The molecule has 0 aliphatic rings. The second kappa shape index (κ2) is 6.02. The first-order valence-corrected chi connectivity index (χ1v) is 6.12. The minimum Gasteiger partial charge on any atom is -0.506 e. The number of phenols is 1. The fourth-order valence-corrected chi connectivity index (χ4v) is 1.71. The van der Waals surface area contributed by atoms with Gasteiger partial charge in [0.25, 0.3) is 0 Å². The van der Waals surface area contributed by atoms with Crippen molar-refractivity contribution in [1.29, 1.82) is 0 Å². The second-order valence-corrected chi connectivity index (χ2v) is 4.36. The first-order chi connectivity index (χ1) is 9.60. The number of aryl methyl sites for hydroxylation is 1. The second-order valence-electron chi connectivity index (χ2n) is 4.36. The maximum absolute atomic E-state index is 11.3. The van der Waals surface area contributed by atoms with Gasteiger partial charge in [0, 0.05) is 6.21 Å². The average Bonchev–Trinajstić information content (AvgIpc) is 2.46. The van der Waals surface area contributed by atoms with Crippen LogP contribution >= 0.6 is 0 Å². The third-order valence-electron chi connectivity index (χ3n) is 2.82. The number of hydrogen-bond donors (Lipinski definition) is 1. The Morgan fingerprint density at radius 2 is 1.90 bits per heavy atom. The van der Waals surface area contributed by atoms with Gasteiger partial charge in [-0.2, -0.15) is 0 Å². The highest BCUT2D eigenvalue weighted by molar-refractivity contribution is 5.91. The number of rotatable bonds is 3. The number of nitrogens with zero attached hydrogens (tertiary/aromatic N) is 1. The molecule has 0 fully saturated rings. The van der Waals surface area contributed by atoms with Crippen LogP contribution in [0.5, 0.6) is 5.75 Å². The van der Waals surface area contributed by atoms with Gasteiger partial charge in [-0.05, 0) is 42.3 Å². The third-order valence-corrected chi connectivity index (χ3v) is 2.82. The van der Waals surface area contributed by atoms with E-state index in [1.165, 1.54) is 7.11 Å². The lowest BCUT2D eigenvalue weighted by Gasteiger charge is -2.01. The smallest absolute Gasteiger partial charge is 0.337 e. The largest absolute Gasteiger partial charge is 0.506 e. The minimum absolute atomic E-state index is 0.146. The standard InChI is InChI=1S/C16H15NO3/c1-11-3-8-14(15(18)9-11)17-10-12-4-6-13(7-5-12)16(19)20-2/h3-10,18H,1-2H3. The zero-order valence-corrected chi connectivity index (χ0v) is 11.3. The molecule has 0 unspecified atom stereocenters. The Bertz CT molecular complexity index is 645. The van der Waals surface area contributed by atoms with E-state index in [1.54, 1.807) is 42.6 Å². The average molecular weight is 269 g/mol. The van der Waals surface area contributed by atoms with Crippen molar-refractivity contribution in [3.8, 4) is 5.75 Å². The number of benzene rings is 2. The van der Waals surface area contributed by atoms with Gasteiger partial charge in [-0.1, -0.05) is 18.2 Å². The van der Waals surface area contributed by atoms with Crippen LogP contribution in [-0.2, 0) is 4.74 Å². The maximum atomic E-state index is 11.3. The summed E-state index contributed by atoms with van der Waals surface area (Å²) in [6.45, 7) is 1.90. The molecule has 0 aliphatic carbocycles. The molecule has 0 atom stereocenters. The van der Waals surface area contributed by atoms with Gasteiger partial charge < -0.3 is 9.84 Å². The van der Waals surface area contributed by atoms with Gasteiger partial charge in [0.2, 0.25) is 0 Å². The molecule has 2 aromatic carbocycles. The predicted molar refractivity (Wildman–Crippen MR) is 77.9 cm³/mol. The number of aliphatic imine (C=N–C) groups is 1. The first kappa shape index (κ1) is 13.8. The van der Waals surface area contributed by atoms with Crippen molar-refractivity contribution >= 4 is 17.9 Å². The van der Waals surface area contributed by atoms with Gasteiger partial charge in [-0.3, -0.25) is 4.99 Å². The number of methoxy groups -OCH3 is 1. The van der Waals surface area contributed by atoms with Crippen molar-refractivity contribution < 1.29 is 14.6 Å². The Balaban J connectivity index is 2.17. The molecule has 0 bridgehead atoms. The number of aromatic hydroxyl groups is 1. The van der Waals surface area contributed by atoms with Gasteiger partial charge in [-0.15, -0.1) is 0 Å². The summed E-state index contributed by atoms with van der Waals surface area (Å²) in [6, 6.07) is 12.2. The normalized spacial score (nSPS) is 10.7. The van der Waals surface area contributed by atoms with E-state index in [9.17, 15) is 9.90 Å². The third kappa shape index (κ3) is 3.23. The molecule has 0 spiro atoms. The summed E-state index contributed by atoms with van der Waals surface area (Å²) in [5.41, 5.74) is 2.80. The zero-order chi connectivity index (χ0) is 14.5. The Hall–Kier alpha value is -2.62. The highest BCUT2D eigenvalue weighted by Crippen LogP contribution is 2.26. The lowest BCUT2D eigenvalue weighted by molar-refractivity contribution is 0.0600. The summed E-state index contributed by atoms with van der Waals surface area (Å²) >= 11 is 0. The van der Waals surface area contributed by atoms with Crippen molar-refractivity contribution in [2.45, 2.75) is 6.92 Å². The molecule has 0 saturated heterocycles. The van der Waals surface area contributed by atoms with Gasteiger partial charge in [-0.25, -0.2) is 4.79 Å². The van der Waals surface area contributed by atoms with Crippen LogP contribution in [0, 0.1) is 6.92 Å². The number of phenolic OH excluding ortho intramolecular Hbond substituents is 1. The molecular weight excluding hydrogens is 254 g/mol. The summed E-state index contributed by atoms with van der Waals surface area (Å²) in [7, 11) is 1.35. The lowest BCUT2D eigenvalue weighted by Crippen LogP contribution is -2.00. The summed E-state index contributed by atoms with van der Waals surface area (Å²) in [4.78, 5) is 15.5. The summed E-state index contributed by atoms with van der Waals surface area (Å²) in [6.07, 6.45) is 1.63. The lowest BCUT2D eigenvalue weighted by atomic mass is 10.1. The van der Waals surface area contributed by atoms with Gasteiger partial charge in [0.05, 0.1) is 12.7 Å². The Labute approximate surface area is 117 Å². The molecule has 20 heavy (non-hydrogen) atoms. The summed E-state index contributed by atoms with van der Waals surface area (Å²) in [5, 5.41) is 9.74.